The van der Waals surface area contributed by atoms with Crippen LogP contribution in [0.25, 0.3) is 0 Å². The van der Waals surface area contributed by atoms with E-state index < -0.39 is 0 Å². The quantitative estimate of drug-likeness (QED) is 0.649. The van der Waals surface area contributed by atoms with Gasteiger partial charge in [0.1, 0.15) is 0 Å². The Balaban J connectivity index is 1.93. The summed E-state index contributed by atoms with van der Waals surface area (Å²) in [4.78, 5) is 12.0. The second kappa shape index (κ2) is 8.69. The molecule has 0 spiro atoms. The number of anilines is 1. The van der Waals surface area contributed by atoms with Gasteiger partial charge in [0.15, 0.2) is 11.7 Å². The molecule has 150 valence electrons. The second-order valence-corrected chi connectivity index (χ2v) is 7.27. The molecule has 1 aliphatic heterocycles. The van der Waals surface area contributed by atoms with Crippen LogP contribution in [0.2, 0.25) is 0 Å². The van der Waals surface area contributed by atoms with Gasteiger partial charge in [0.05, 0.1) is 23.7 Å². The van der Waals surface area contributed by atoms with Crippen molar-refractivity contribution in [2.24, 2.45) is 9.98 Å². The lowest BCUT2D eigenvalue weighted by Crippen LogP contribution is -2.23. The van der Waals surface area contributed by atoms with E-state index in [2.05, 4.69) is 54.0 Å². The van der Waals surface area contributed by atoms with E-state index in [0.717, 1.165) is 53.0 Å². The van der Waals surface area contributed by atoms with Crippen LogP contribution in [-0.4, -0.2) is 41.5 Å². The summed E-state index contributed by atoms with van der Waals surface area (Å²) in [6.07, 6.45) is 2.41. The Morgan fingerprint density at radius 3 is 2.61 bits per heavy atom. The van der Waals surface area contributed by atoms with Crippen LogP contribution in [0.3, 0.4) is 0 Å². The summed E-state index contributed by atoms with van der Waals surface area (Å²) in [5.41, 5.74) is 6.20. The van der Waals surface area contributed by atoms with Gasteiger partial charge in [0.25, 0.3) is 0 Å². The Morgan fingerprint density at radius 1 is 1.18 bits per heavy atom. The topological polar surface area (TPSA) is 55.0 Å². The van der Waals surface area contributed by atoms with Gasteiger partial charge in [-0.1, -0.05) is 13.3 Å². The zero-order chi connectivity index (χ0) is 20.3. The van der Waals surface area contributed by atoms with Gasteiger partial charge in [0.2, 0.25) is 0 Å². The highest BCUT2D eigenvalue weighted by Crippen LogP contribution is 2.31. The van der Waals surface area contributed by atoms with Crippen LogP contribution in [0.1, 0.15) is 50.4 Å². The molecule has 6 heteroatoms. The maximum absolute atomic E-state index is 5.31. The summed E-state index contributed by atoms with van der Waals surface area (Å²) in [5, 5.41) is 4.64. The first kappa shape index (κ1) is 20.3. The molecule has 0 fully saturated rings. The van der Waals surface area contributed by atoms with Crippen molar-refractivity contribution < 1.29 is 4.74 Å². The molecule has 6 nitrogen and oxygen atoms in total. The van der Waals surface area contributed by atoms with Crippen LogP contribution in [-0.2, 0) is 11.3 Å². The van der Waals surface area contributed by atoms with E-state index in [1.165, 1.54) is 18.5 Å². The lowest BCUT2D eigenvalue weighted by Gasteiger charge is -2.23. The third kappa shape index (κ3) is 3.87. The van der Waals surface area contributed by atoms with Crippen molar-refractivity contribution in [1.82, 2.24) is 9.78 Å². The summed E-state index contributed by atoms with van der Waals surface area (Å²) < 4.78 is 7.15. The molecule has 0 aliphatic carbocycles. The molecule has 0 bridgehead atoms. The molecule has 1 aromatic carbocycles. The predicted molar refractivity (Wildman–Crippen MR) is 117 cm³/mol. The van der Waals surface area contributed by atoms with Gasteiger partial charge in [-0.2, -0.15) is 9.78 Å². The monoisotopic (exact) mass is 381 g/mol. The minimum Gasteiger partial charge on any atom is -0.380 e. The van der Waals surface area contributed by atoms with Crippen molar-refractivity contribution in [2.75, 3.05) is 25.1 Å². The number of hydrogen-bond donors (Lipinski definition) is 0. The Bertz CT molecular complexity index is 910. The molecule has 0 amide bonds. The van der Waals surface area contributed by atoms with Gasteiger partial charge >= 0.3 is 0 Å². The number of hydrogen-bond acceptors (Lipinski definition) is 5. The lowest BCUT2D eigenvalue weighted by atomic mass is 10.1. The molecule has 0 atom stereocenters. The molecule has 3 rings (SSSR count). The van der Waals surface area contributed by atoms with Crippen LogP contribution in [0, 0.1) is 13.8 Å². The molecule has 2 aromatic rings. The molecule has 1 aromatic heterocycles. The summed E-state index contributed by atoms with van der Waals surface area (Å²) in [6.45, 7) is 13.1. The molecule has 0 unspecified atom stereocenters. The summed E-state index contributed by atoms with van der Waals surface area (Å²) in [7, 11) is 1.69. The van der Waals surface area contributed by atoms with Crippen LogP contribution in [0.15, 0.2) is 28.2 Å². The molecule has 0 saturated carbocycles. The van der Waals surface area contributed by atoms with E-state index >= 15 is 0 Å². The third-order valence-corrected chi connectivity index (χ3v) is 5.18. The smallest absolute Gasteiger partial charge is 0.177 e. The zero-order valence-electron chi connectivity index (χ0n) is 17.9. The van der Waals surface area contributed by atoms with Gasteiger partial charge in [-0.15, -0.1) is 0 Å². The first-order valence-corrected chi connectivity index (χ1v) is 10.1. The Hall–Kier alpha value is -2.47. The van der Waals surface area contributed by atoms with Gasteiger partial charge < -0.3 is 9.64 Å². The molecular weight excluding hydrogens is 350 g/mol. The van der Waals surface area contributed by atoms with E-state index in [9.17, 15) is 0 Å². The van der Waals surface area contributed by atoms with Crippen molar-refractivity contribution in [2.45, 2.75) is 54.1 Å². The number of aryl methyl sites for hydroxylation is 2. The van der Waals surface area contributed by atoms with Gasteiger partial charge in [0, 0.05) is 31.5 Å². The number of fused-ring (bicyclic) bond motifs is 1. The Labute approximate surface area is 167 Å². The SMILES string of the molecule is CCCCN(CC)c1ccc(N=C2C(C)=Nc3c(COC)c(C)nn32)c(C)c1. The number of nitrogens with zero attached hydrogens (tertiary/aromatic N) is 5. The fourth-order valence-corrected chi connectivity index (χ4v) is 3.51. The van der Waals surface area contributed by atoms with Crippen LogP contribution in [0.4, 0.5) is 17.2 Å². The normalized spacial score (nSPS) is 14.5. The molecule has 0 N–H and O–H groups in total. The first-order chi connectivity index (χ1) is 13.5. The molecule has 2 heterocycles. The fraction of sp³-hybridized carbons (Fsp3) is 0.500. The number of rotatable bonds is 8. The highest BCUT2D eigenvalue weighted by Gasteiger charge is 2.25. The highest BCUT2D eigenvalue weighted by atomic mass is 16.5. The maximum Gasteiger partial charge on any atom is 0.177 e. The van der Waals surface area contributed by atoms with Gasteiger partial charge in [-0.25, -0.2) is 9.98 Å². The van der Waals surface area contributed by atoms with E-state index in [-0.39, 0.29) is 0 Å². The van der Waals surface area contributed by atoms with Crippen molar-refractivity contribution in [3.05, 3.63) is 35.0 Å². The molecular formula is C22H31N5O. The largest absolute Gasteiger partial charge is 0.380 e. The number of unbranched alkanes of at least 4 members (excludes halogenated alkanes) is 1. The zero-order valence-corrected chi connectivity index (χ0v) is 17.9. The second-order valence-electron chi connectivity index (χ2n) is 7.27. The first-order valence-electron chi connectivity index (χ1n) is 10.1. The Kier molecular flexibility index (Phi) is 6.29. The predicted octanol–water partition coefficient (Wildman–Crippen LogP) is 4.96. The fourth-order valence-electron chi connectivity index (χ4n) is 3.51. The van der Waals surface area contributed by atoms with Crippen LogP contribution < -0.4 is 4.90 Å². The van der Waals surface area contributed by atoms with Crippen molar-refractivity contribution >= 4 is 28.7 Å². The number of benzene rings is 1. The number of aromatic nitrogens is 2. The van der Waals surface area contributed by atoms with Gasteiger partial charge in [-0.3, -0.25) is 0 Å². The number of methoxy groups -OCH3 is 1. The maximum atomic E-state index is 5.31. The van der Waals surface area contributed by atoms with Crippen molar-refractivity contribution in [3.63, 3.8) is 0 Å². The standard InChI is InChI=1S/C22H31N5O/c1-7-9-12-26(8-2)18-10-11-20(15(3)13-18)24-21-17(5)23-22-19(14-28-6)16(4)25-27(21)22/h10-11,13H,7-9,12,14H2,1-6H3. The summed E-state index contributed by atoms with van der Waals surface area (Å²) in [5.74, 6) is 1.62. The lowest BCUT2D eigenvalue weighted by molar-refractivity contribution is 0.185. The average molecular weight is 382 g/mol. The third-order valence-electron chi connectivity index (χ3n) is 5.18. The summed E-state index contributed by atoms with van der Waals surface area (Å²) in [6, 6.07) is 6.49. The van der Waals surface area contributed by atoms with Crippen molar-refractivity contribution in [3.8, 4) is 0 Å². The Morgan fingerprint density at radius 2 is 1.96 bits per heavy atom. The van der Waals surface area contributed by atoms with E-state index in [1.54, 1.807) is 7.11 Å². The van der Waals surface area contributed by atoms with E-state index in [0.29, 0.717) is 6.61 Å². The minimum absolute atomic E-state index is 0.504. The number of aliphatic imine (C=N–C) groups is 2. The molecule has 0 radical (unpaired) electrons. The van der Waals surface area contributed by atoms with E-state index in [1.807, 2.05) is 18.5 Å². The summed E-state index contributed by atoms with van der Waals surface area (Å²) >= 11 is 0. The molecule has 28 heavy (non-hydrogen) atoms. The minimum atomic E-state index is 0.504. The van der Waals surface area contributed by atoms with Crippen LogP contribution in [0.5, 0.6) is 0 Å². The van der Waals surface area contributed by atoms with Crippen LogP contribution >= 0.6 is 0 Å². The average Bonchev–Trinajstić information content (AvgIpc) is 3.13. The van der Waals surface area contributed by atoms with E-state index in [4.69, 9.17) is 9.73 Å². The van der Waals surface area contributed by atoms with Crippen molar-refractivity contribution in [1.29, 1.82) is 0 Å². The molecule has 1 aliphatic rings. The molecule has 0 saturated heterocycles. The highest BCUT2D eigenvalue weighted by molar-refractivity contribution is 6.44. The van der Waals surface area contributed by atoms with Gasteiger partial charge in [-0.05, 0) is 57.9 Å². The number of ether oxygens (including phenoxy) is 1.